The molecule has 2 aliphatic heterocycles. The zero-order chi connectivity index (χ0) is 27.0. The number of carbonyl (C=O) groups excluding carboxylic acids is 2. The fourth-order valence-corrected chi connectivity index (χ4v) is 6.16. The minimum Gasteiger partial charge on any atom is -0.347 e. The van der Waals surface area contributed by atoms with E-state index in [0.29, 0.717) is 29.1 Å². The van der Waals surface area contributed by atoms with Crippen molar-refractivity contribution in [2.24, 2.45) is 18.9 Å². The summed E-state index contributed by atoms with van der Waals surface area (Å²) in [5.41, 5.74) is 5.01. The van der Waals surface area contributed by atoms with E-state index in [1.165, 1.54) is 0 Å². The van der Waals surface area contributed by atoms with Gasteiger partial charge in [0.15, 0.2) is 0 Å². The van der Waals surface area contributed by atoms with E-state index in [2.05, 4.69) is 9.88 Å². The molecular weight excluding hydrogens is 498 g/mol. The summed E-state index contributed by atoms with van der Waals surface area (Å²) in [5, 5.41) is 0.662. The Morgan fingerprint density at radius 1 is 1.03 bits per heavy atom. The molecule has 2 aromatic heterocycles. The Bertz CT molecular complexity index is 1320. The van der Waals surface area contributed by atoms with Crippen LogP contribution in [-0.2, 0) is 7.05 Å². The van der Waals surface area contributed by atoms with Crippen LogP contribution in [-0.4, -0.2) is 70.4 Å². The van der Waals surface area contributed by atoms with Crippen LogP contribution in [0.15, 0.2) is 48.8 Å². The summed E-state index contributed by atoms with van der Waals surface area (Å²) in [7, 11) is 1.89. The first-order chi connectivity index (χ1) is 18.2. The van der Waals surface area contributed by atoms with E-state index in [0.717, 1.165) is 67.2 Å². The number of hydrogen-bond donors (Lipinski definition) is 0. The molecule has 200 valence electrons. The van der Waals surface area contributed by atoms with Crippen molar-refractivity contribution in [3.63, 3.8) is 0 Å². The number of benzene rings is 1. The van der Waals surface area contributed by atoms with Gasteiger partial charge in [-0.2, -0.15) is 0 Å². The number of nitrogens with zero attached hydrogens (tertiary/aromatic N) is 5. The number of pyridine rings is 1. The van der Waals surface area contributed by atoms with Crippen molar-refractivity contribution >= 4 is 29.1 Å². The van der Waals surface area contributed by atoms with Gasteiger partial charge in [-0.3, -0.25) is 14.6 Å². The largest absolute Gasteiger partial charge is 0.347 e. The van der Waals surface area contributed by atoms with Crippen LogP contribution in [0.4, 0.5) is 5.69 Å². The molecule has 0 saturated carbocycles. The quantitative estimate of drug-likeness (QED) is 0.440. The normalized spacial score (nSPS) is 19.1. The van der Waals surface area contributed by atoms with E-state index in [-0.39, 0.29) is 11.8 Å². The van der Waals surface area contributed by atoms with Gasteiger partial charge in [0.2, 0.25) is 0 Å². The van der Waals surface area contributed by atoms with Gasteiger partial charge in [-0.1, -0.05) is 17.7 Å². The Morgan fingerprint density at radius 2 is 1.76 bits per heavy atom. The highest BCUT2D eigenvalue weighted by atomic mass is 35.5. The Morgan fingerprint density at radius 3 is 2.39 bits per heavy atom. The molecule has 3 aromatic rings. The van der Waals surface area contributed by atoms with Crippen molar-refractivity contribution < 1.29 is 9.59 Å². The average Bonchev–Trinajstić information content (AvgIpc) is 3.58. The van der Waals surface area contributed by atoms with Crippen molar-refractivity contribution in [3.05, 3.63) is 81.9 Å². The second-order valence-corrected chi connectivity index (χ2v) is 11.2. The number of carbonyl (C=O) groups is 2. The van der Waals surface area contributed by atoms with Gasteiger partial charge >= 0.3 is 0 Å². The summed E-state index contributed by atoms with van der Waals surface area (Å²) in [6.07, 6.45) is 4.51. The SMILES string of the molecule is Cc1ccc(N(CCCN2CC3CN(C(=O)c4c(C)ccnc4C)CC3C2)C(=O)c2cccn2C)cc1Cl. The maximum Gasteiger partial charge on any atom is 0.274 e. The van der Waals surface area contributed by atoms with E-state index >= 15 is 0 Å². The maximum atomic E-state index is 13.5. The summed E-state index contributed by atoms with van der Waals surface area (Å²) in [6.45, 7) is 11.0. The van der Waals surface area contributed by atoms with Crippen LogP contribution < -0.4 is 4.90 Å². The Balaban J connectivity index is 1.19. The summed E-state index contributed by atoms with van der Waals surface area (Å²) < 4.78 is 1.86. The van der Waals surface area contributed by atoms with Crippen LogP contribution in [0.2, 0.25) is 5.02 Å². The van der Waals surface area contributed by atoms with Crippen molar-refractivity contribution in [1.29, 1.82) is 0 Å². The number of hydrogen-bond acceptors (Lipinski definition) is 4. The van der Waals surface area contributed by atoms with E-state index < -0.39 is 0 Å². The van der Waals surface area contributed by atoms with E-state index in [4.69, 9.17) is 11.6 Å². The van der Waals surface area contributed by atoms with Gasteiger partial charge in [0, 0.05) is 62.9 Å². The lowest BCUT2D eigenvalue weighted by Crippen LogP contribution is -2.36. The third kappa shape index (κ3) is 5.22. The van der Waals surface area contributed by atoms with Gasteiger partial charge in [0.1, 0.15) is 5.69 Å². The molecule has 2 atom stereocenters. The van der Waals surface area contributed by atoms with Crippen molar-refractivity contribution in [2.75, 3.05) is 44.2 Å². The second-order valence-electron chi connectivity index (χ2n) is 10.8. The molecule has 2 unspecified atom stereocenters. The number of aromatic nitrogens is 2. The molecule has 0 bridgehead atoms. The van der Waals surface area contributed by atoms with E-state index in [9.17, 15) is 9.59 Å². The number of aryl methyl sites for hydroxylation is 4. The number of halogens is 1. The molecule has 1 aromatic carbocycles. The molecule has 5 rings (SSSR count). The molecule has 0 spiro atoms. The smallest absolute Gasteiger partial charge is 0.274 e. The first-order valence-corrected chi connectivity index (χ1v) is 13.7. The van der Waals surface area contributed by atoms with Gasteiger partial charge in [0.05, 0.1) is 11.3 Å². The first-order valence-electron chi connectivity index (χ1n) is 13.4. The summed E-state index contributed by atoms with van der Waals surface area (Å²) >= 11 is 6.42. The highest BCUT2D eigenvalue weighted by Crippen LogP contribution is 2.33. The molecule has 2 amide bonds. The molecule has 8 heteroatoms. The fourth-order valence-electron chi connectivity index (χ4n) is 5.99. The molecule has 2 saturated heterocycles. The number of likely N-dealkylation sites (tertiary alicyclic amines) is 2. The first kappa shape index (κ1) is 26.4. The van der Waals surface area contributed by atoms with Crippen LogP contribution in [0.1, 0.15) is 44.1 Å². The Kier molecular flexibility index (Phi) is 7.59. The predicted octanol–water partition coefficient (Wildman–Crippen LogP) is 4.74. The van der Waals surface area contributed by atoms with Crippen LogP contribution in [0.25, 0.3) is 0 Å². The molecule has 4 heterocycles. The minimum absolute atomic E-state index is 0.0224. The molecule has 0 aliphatic carbocycles. The molecule has 2 aliphatic rings. The standard InChI is InChI=1S/C30H36ClN5O2/c1-20-8-9-25(15-26(20)31)36(29(37)27-7-5-12-33(27)4)14-6-13-34-16-23-18-35(19-24(23)17-34)30(38)28-21(2)10-11-32-22(28)3/h5,7-12,15,23-24H,6,13-14,16-19H2,1-4H3. The van der Waals surface area contributed by atoms with Crippen LogP contribution >= 0.6 is 11.6 Å². The second kappa shape index (κ2) is 10.9. The molecule has 2 fully saturated rings. The lowest BCUT2D eigenvalue weighted by Gasteiger charge is -2.26. The summed E-state index contributed by atoms with van der Waals surface area (Å²) in [6, 6.07) is 11.5. The van der Waals surface area contributed by atoms with Crippen molar-refractivity contribution in [3.8, 4) is 0 Å². The average molecular weight is 534 g/mol. The number of amides is 2. The lowest BCUT2D eigenvalue weighted by molar-refractivity contribution is 0.0772. The maximum absolute atomic E-state index is 13.5. The lowest BCUT2D eigenvalue weighted by atomic mass is 10.0. The van der Waals surface area contributed by atoms with E-state index in [1.807, 2.05) is 84.8 Å². The summed E-state index contributed by atoms with van der Waals surface area (Å²) in [5.74, 6) is 1.08. The highest BCUT2D eigenvalue weighted by Gasteiger charge is 2.42. The predicted molar refractivity (Wildman–Crippen MR) is 151 cm³/mol. The zero-order valence-corrected chi connectivity index (χ0v) is 23.4. The van der Waals surface area contributed by atoms with Crippen LogP contribution in [0.5, 0.6) is 0 Å². The third-order valence-electron chi connectivity index (χ3n) is 8.14. The molecule has 0 radical (unpaired) electrons. The Hall–Kier alpha value is -3.16. The molecular formula is C30H36ClN5O2. The van der Waals surface area contributed by atoms with Gasteiger partial charge in [-0.05, 0) is 87.0 Å². The van der Waals surface area contributed by atoms with Crippen LogP contribution in [0, 0.1) is 32.6 Å². The monoisotopic (exact) mass is 533 g/mol. The number of rotatable bonds is 7. The molecule has 38 heavy (non-hydrogen) atoms. The molecule has 7 nitrogen and oxygen atoms in total. The number of anilines is 1. The van der Waals surface area contributed by atoms with Crippen molar-refractivity contribution in [2.45, 2.75) is 27.2 Å². The Labute approximate surface area is 230 Å². The minimum atomic E-state index is -0.0224. The van der Waals surface area contributed by atoms with E-state index in [1.54, 1.807) is 6.20 Å². The highest BCUT2D eigenvalue weighted by molar-refractivity contribution is 6.31. The third-order valence-corrected chi connectivity index (χ3v) is 8.55. The van der Waals surface area contributed by atoms with Crippen LogP contribution in [0.3, 0.4) is 0 Å². The number of fused-ring (bicyclic) bond motifs is 1. The fraction of sp³-hybridized carbons (Fsp3) is 0.433. The van der Waals surface area contributed by atoms with Gasteiger partial charge in [0.25, 0.3) is 11.8 Å². The molecule has 0 N–H and O–H groups in total. The van der Waals surface area contributed by atoms with Gasteiger partial charge < -0.3 is 19.3 Å². The summed E-state index contributed by atoms with van der Waals surface area (Å²) in [4.78, 5) is 37.4. The topological polar surface area (TPSA) is 61.7 Å². The van der Waals surface area contributed by atoms with Crippen molar-refractivity contribution in [1.82, 2.24) is 19.4 Å². The zero-order valence-electron chi connectivity index (χ0n) is 22.7. The van der Waals surface area contributed by atoms with Gasteiger partial charge in [-0.25, -0.2) is 0 Å². The van der Waals surface area contributed by atoms with Gasteiger partial charge in [-0.15, -0.1) is 0 Å².